The zero-order chi connectivity index (χ0) is 20.3. The van der Waals surface area contributed by atoms with E-state index in [1.165, 1.54) is 7.05 Å². The van der Waals surface area contributed by atoms with E-state index in [1.54, 1.807) is 23.0 Å². The fraction of sp³-hybridized carbons (Fsp3) is 0.211. The van der Waals surface area contributed by atoms with E-state index in [9.17, 15) is 4.79 Å². The minimum absolute atomic E-state index is 0.195. The molecule has 4 N–H and O–H groups in total. The minimum atomic E-state index is -0.538. The number of rotatable bonds is 5. The van der Waals surface area contributed by atoms with Gasteiger partial charge >= 0.3 is 6.03 Å². The molecular weight excluding hydrogens is 358 g/mol. The lowest BCUT2D eigenvalue weighted by Gasteiger charge is -2.24. The van der Waals surface area contributed by atoms with Crippen molar-refractivity contribution >= 4 is 11.7 Å². The summed E-state index contributed by atoms with van der Waals surface area (Å²) in [6, 6.07) is 10.5. The molecule has 0 spiro atoms. The molecule has 2 aromatic heterocycles. The second-order valence-electron chi connectivity index (χ2n) is 6.39. The summed E-state index contributed by atoms with van der Waals surface area (Å²) in [7, 11) is 3.28. The molecule has 0 fully saturated rings. The number of aryl methyl sites for hydroxylation is 2. The van der Waals surface area contributed by atoms with E-state index in [2.05, 4.69) is 10.1 Å². The van der Waals surface area contributed by atoms with Crippen LogP contribution in [0.2, 0.25) is 0 Å². The Labute approximate surface area is 163 Å². The number of benzene rings is 1. The normalized spacial score (nSPS) is 10.6. The Balaban J connectivity index is 1.83. The van der Waals surface area contributed by atoms with Gasteiger partial charge in [-0.25, -0.2) is 26.5 Å². The number of anilines is 1. The molecule has 9 heteroatoms. The van der Waals surface area contributed by atoms with E-state index in [1.807, 2.05) is 44.4 Å². The number of hydrazine groups is 2. The molecule has 3 aromatic rings. The predicted molar refractivity (Wildman–Crippen MR) is 106 cm³/mol. The van der Waals surface area contributed by atoms with Crippen LogP contribution in [0.25, 0.3) is 11.3 Å². The highest BCUT2D eigenvalue weighted by Gasteiger charge is 2.19. The lowest BCUT2D eigenvalue weighted by atomic mass is 10.1. The third-order valence-corrected chi connectivity index (χ3v) is 4.24. The molecule has 0 bridgehead atoms. The number of urea groups is 1. The maximum atomic E-state index is 12.1. The number of aromatic nitrogens is 3. The summed E-state index contributed by atoms with van der Waals surface area (Å²) in [6.45, 7) is 2.12. The third-order valence-electron chi connectivity index (χ3n) is 4.24. The van der Waals surface area contributed by atoms with Gasteiger partial charge in [0, 0.05) is 37.5 Å². The van der Waals surface area contributed by atoms with Gasteiger partial charge in [0.15, 0.2) is 0 Å². The molecule has 0 saturated carbocycles. The summed E-state index contributed by atoms with van der Waals surface area (Å²) in [5, 5.41) is 6.09. The Bertz CT molecular complexity index is 984. The van der Waals surface area contributed by atoms with Crippen molar-refractivity contribution in [1.29, 1.82) is 0 Å². The van der Waals surface area contributed by atoms with E-state index in [0.717, 1.165) is 32.4 Å². The summed E-state index contributed by atoms with van der Waals surface area (Å²) in [5.41, 5.74) is 3.88. The maximum absolute atomic E-state index is 12.1. The van der Waals surface area contributed by atoms with Gasteiger partial charge in [-0.2, -0.15) is 5.10 Å². The number of pyridine rings is 1. The Hall–Kier alpha value is -3.43. The van der Waals surface area contributed by atoms with Crippen LogP contribution in [0, 0.1) is 6.92 Å². The Morgan fingerprint density at radius 3 is 2.64 bits per heavy atom. The smallest absolute Gasteiger partial charge is 0.352 e. The Morgan fingerprint density at radius 2 is 1.96 bits per heavy atom. The number of nitrogens with zero attached hydrogens (tertiary/aromatic N) is 5. The van der Waals surface area contributed by atoms with Crippen molar-refractivity contribution in [3.63, 3.8) is 0 Å². The topological polar surface area (TPSA) is 116 Å². The zero-order valence-corrected chi connectivity index (χ0v) is 16.0. The highest BCUT2D eigenvalue weighted by molar-refractivity contribution is 5.91. The van der Waals surface area contributed by atoms with Gasteiger partial charge in [0.25, 0.3) is 0 Å². The second kappa shape index (κ2) is 8.07. The minimum Gasteiger partial charge on any atom is -0.473 e. The quantitative estimate of drug-likeness (QED) is 0.397. The van der Waals surface area contributed by atoms with E-state index in [0.29, 0.717) is 11.6 Å². The monoisotopic (exact) mass is 381 g/mol. The molecule has 146 valence electrons. The highest BCUT2D eigenvalue weighted by atomic mass is 16.5. The van der Waals surface area contributed by atoms with Crippen molar-refractivity contribution in [3.8, 4) is 17.1 Å². The third kappa shape index (κ3) is 4.11. The van der Waals surface area contributed by atoms with Crippen molar-refractivity contribution in [2.24, 2.45) is 18.7 Å². The molecule has 9 nitrogen and oxygen atoms in total. The SMILES string of the molecule is Cc1cccc(N(N)C(=O)N(C)N)c1COc1cccc(-c2cnn(C)c2)n1. The fourth-order valence-corrected chi connectivity index (χ4v) is 2.73. The van der Waals surface area contributed by atoms with E-state index < -0.39 is 6.03 Å². The van der Waals surface area contributed by atoms with Crippen LogP contribution in [0.4, 0.5) is 10.5 Å². The van der Waals surface area contributed by atoms with Gasteiger partial charge in [-0.15, -0.1) is 0 Å². The first-order valence-electron chi connectivity index (χ1n) is 8.61. The molecular formula is C19H23N7O2. The van der Waals surface area contributed by atoms with E-state index in [4.69, 9.17) is 16.4 Å². The van der Waals surface area contributed by atoms with E-state index in [-0.39, 0.29) is 6.61 Å². The summed E-state index contributed by atoms with van der Waals surface area (Å²) >= 11 is 0. The van der Waals surface area contributed by atoms with Crippen molar-refractivity contribution in [2.75, 3.05) is 12.1 Å². The molecule has 2 heterocycles. The number of nitrogens with two attached hydrogens (primary N) is 2. The Morgan fingerprint density at radius 1 is 1.21 bits per heavy atom. The zero-order valence-electron chi connectivity index (χ0n) is 16.0. The van der Waals surface area contributed by atoms with Crippen LogP contribution in [-0.4, -0.2) is 32.9 Å². The molecule has 0 unspecified atom stereocenters. The molecule has 0 aliphatic rings. The maximum Gasteiger partial charge on any atom is 0.352 e. The predicted octanol–water partition coefficient (Wildman–Crippen LogP) is 1.98. The number of carbonyl (C=O) groups is 1. The molecule has 0 aliphatic carbocycles. The van der Waals surface area contributed by atoms with Crippen molar-refractivity contribution in [1.82, 2.24) is 19.8 Å². The molecule has 0 saturated heterocycles. The Kier molecular flexibility index (Phi) is 5.57. The van der Waals surface area contributed by atoms with Crippen LogP contribution in [0.5, 0.6) is 5.88 Å². The van der Waals surface area contributed by atoms with Crippen LogP contribution in [0.3, 0.4) is 0 Å². The van der Waals surface area contributed by atoms with Gasteiger partial charge in [0.05, 0.1) is 17.6 Å². The van der Waals surface area contributed by atoms with E-state index >= 15 is 0 Å². The molecule has 1 aromatic carbocycles. The van der Waals surface area contributed by atoms with Crippen LogP contribution < -0.4 is 21.4 Å². The van der Waals surface area contributed by atoms with Crippen molar-refractivity contribution < 1.29 is 9.53 Å². The van der Waals surface area contributed by atoms with Gasteiger partial charge < -0.3 is 4.74 Å². The number of hydrogen-bond acceptors (Lipinski definition) is 6. The van der Waals surface area contributed by atoms with Crippen LogP contribution in [-0.2, 0) is 13.7 Å². The first-order chi connectivity index (χ1) is 13.4. The van der Waals surface area contributed by atoms with Gasteiger partial charge in [0.1, 0.15) is 6.61 Å². The van der Waals surface area contributed by atoms with Crippen molar-refractivity contribution in [2.45, 2.75) is 13.5 Å². The fourth-order valence-electron chi connectivity index (χ4n) is 2.73. The summed E-state index contributed by atoms with van der Waals surface area (Å²) in [5.74, 6) is 11.9. The summed E-state index contributed by atoms with van der Waals surface area (Å²) < 4.78 is 7.61. The molecule has 3 rings (SSSR count). The number of amides is 2. The van der Waals surface area contributed by atoms with Crippen LogP contribution in [0.15, 0.2) is 48.8 Å². The van der Waals surface area contributed by atoms with Gasteiger partial charge in [-0.1, -0.05) is 18.2 Å². The molecule has 28 heavy (non-hydrogen) atoms. The number of carbonyl (C=O) groups excluding carboxylic acids is 1. The number of ether oxygens (including phenoxy) is 1. The lowest BCUT2D eigenvalue weighted by Crippen LogP contribution is -2.49. The van der Waals surface area contributed by atoms with Crippen LogP contribution in [0.1, 0.15) is 11.1 Å². The molecule has 0 radical (unpaired) electrons. The molecule has 0 atom stereocenters. The van der Waals surface area contributed by atoms with Crippen LogP contribution >= 0.6 is 0 Å². The summed E-state index contributed by atoms with van der Waals surface area (Å²) in [6.07, 6.45) is 3.62. The number of hydrogen-bond donors (Lipinski definition) is 2. The van der Waals surface area contributed by atoms with Gasteiger partial charge in [-0.3, -0.25) is 9.69 Å². The largest absolute Gasteiger partial charge is 0.473 e. The first-order valence-corrected chi connectivity index (χ1v) is 8.61. The standard InChI is InChI=1S/C19H23N7O2/c1-13-6-4-8-17(26(21)19(27)25(3)20)15(13)12-28-18-9-5-7-16(23-18)14-10-22-24(2)11-14/h4-11H,12,20-21H2,1-3H3. The molecule has 2 amide bonds. The van der Waals surface area contributed by atoms with Gasteiger partial charge in [0.2, 0.25) is 5.88 Å². The van der Waals surface area contributed by atoms with Crippen molar-refractivity contribution in [3.05, 3.63) is 59.9 Å². The highest BCUT2D eigenvalue weighted by Crippen LogP contribution is 2.25. The molecule has 0 aliphatic heterocycles. The lowest BCUT2D eigenvalue weighted by molar-refractivity contribution is 0.216. The average molecular weight is 381 g/mol. The van der Waals surface area contributed by atoms with Gasteiger partial charge in [-0.05, 0) is 24.6 Å². The average Bonchev–Trinajstić information content (AvgIpc) is 3.12. The summed E-state index contributed by atoms with van der Waals surface area (Å²) in [4.78, 5) is 16.6. The first kappa shape index (κ1) is 19.3. The second-order valence-corrected chi connectivity index (χ2v) is 6.39.